The van der Waals surface area contributed by atoms with Gasteiger partial charge in [-0.15, -0.1) is 0 Å². The molecule has 35 heavy (non-hydrogen) atoms. The predicted octanol–water partition coefficient (Wildman–Crippen LogP) is 4.14. The molecule has 3 N–H and O–H groups in total. The van der Waals surface area contributed by atoms with Gasteiger partial charge in [0.05, 0.1) is 6.21 Å². The third-order valence-electron chi connectivity index (χ3n) is 5.10. The molecule has 1 aromatic heterocycles. The SMILES string of the molecule is CC(=O)Nc1ccc(C(=O)N/N=C\c2cn(CC(=O)Nc3ccc(F)cc3)c3ccccc23)cc1. The second-order valence-corrected chi connectivity index (χ2v) is 7.74. The third-order valence-corrected chi connectivity index (χ3v) is 5.10. The van der Waals surface area contributed by atoms with Gasteiger partial charge in [-0.2, -0.15) is 5.10 Å². The number of nitrogens with zero attached hydrogens (tertiary/aromatic N) is 2. The van der Waals surface area contributed by atoms with E-state index in [0.717, 1.165) is 16.5 Å². The predicted molar refractivity (Wildman–Crippen MR) is 133 cm³/mol. The Hall–Kier alpha value is -4.79. The number of benzene rings is 3. The summed E-state index contributed by atoms with van der Waals surface area (Å²) in [6, 6.07) is 19.5. The van der Waals surface area contributed by atoms with E-state index in [1.165, 1.54) is 37.4 Å². The maximum absolute atomic E-state index is 13.1. The lowest BCUT2D eigenvalue weighted by Gasteiger charge is -2.07. The minimum absolute atomic E-state index is 0.0404. The standard InChI is InChI=1S/C26H22FN5O3/c1-17(33)29-21-10-6-18(7-11-21)26(35)31-28-14-19-15-32(24-5-3-2-4-23(19)24)16-25(34)30-22-12-8-20(27)9-13-22/h2-15H,16H2,1H3,(H,29,33)(H,30,34)(H,31,35)/b28-14-. The van der Waals surface area contributed by atoms with Crippen LogP contribution in [0.15, 0.2) is 84.1 Å². The van der Waals surface area contributed by atoms with Gasteiger partial charge in [0.1, 0.15) is 12.4 Å². The molecule has 1 heterocycles. The van der Waals surface area contributed by atoms with Crippen molar-refractivity contribution >= 4 is 46.2 Å². The van der Waals surface area contributed by atoms with Crippen molar-refractivity contribution in [3.8, 4) is 0 Å². The number of rotatable bonds is 7. The highest BCUT2D eigenvalue weighted by atomic mass is 19.1. The smallest absolute Gasteiger partial charge is 0.271 e. The number of para-hydroxylation sites is 1. The summed E-state index contributed by atoms with van der Waals surface area (Å²) in [7, 11) is 0. The number of hydrogen-bond acceptors (Lipinski definition) is 4. The van der Waals surface area contributed by atoms with Crippen LogP contribution in [0.3, 0.4) is 0 Å². The summed E-state index contributed by atoms with van der Waals surface area (Å²) >= 11 is 0. The van der Waals surface area contributed by atoms with Crippen LogP contribution in [0.2, 0.25) is 0 Å². The van der Waals surface area contributed by atoms with Crippen molar-refractivity contribution in [2.75, 3.05) is 10.6 Å². The molecule has 4 aromatic rings. The summed E-state index contributed by atoms with van der Waals surface area (Å²) < 4.78 is 14.9. The van der Waals surface area contributed by atoms with E-state index in [1.807, 2.05) is 24.3 Å². The zero-order chi connectivity index (χ0) is 24.8. The number of amides is 3. The highest BCUT2D eigenvalue weighted by Gasteiger charge is 2.11. The average Bonchev–Trinajstić information content (AvgIpc) is 3.18. The van der Waals surface area contributed by atoms with Crippen LogP contribution in [-0.2, 0) is 16.1 Å². The second kappa shape index (κ2) is 10.4. The van der Waals surface area contributed by atoms with Crippen LogP contribution in [0.25, 0.3) is 10.9 Å². The molecule has 0 aliphatic carbocycles. The van der Waals surface area contributed by atoms with Gasteiger partial charge in [0.15, 0.2) is 0 Å². The van der Waals surface area contributed by atoms with Gasteiger partial charge in [0, 0.05) is 46.5 Å². The Morgan fingerprint density at radius 2 is 1.57 bits per heavy atom. The second-order valence-electron chi connectivity index (χ2n) is 7.74. The number of anilines is 2. The average molecular weight is 471 g/mol. The van der Waals surface area contributed by atoms with Gasteiger partial charge >= 0.3 is 0 Å². The maximum Gasteiger partial charge on any atom is 0.271 e. The third kappa shape index (κ3) is 5.97. The minimum Gasteiger partial charge on any atom is -0.337 e. The van der Waals surface area contributed by atoms with Crippen LogP contribution < -0.4 is 16.1 Å². The molecule has 0 atom stereocenters. The molecule has 176 valence electrons. The zero-order valence-electron chi connectivity index (χ0n) is 18.8. The van der Waals surface area contributed by atoms with E-state index in [2.05, 4.69) is 21.2 Å². The fourth-order valence-electron chi connectivity index (χ4n) is 3.53. The zero-order valence-corrected chi connectivity index (χ0v) is 18.8. The molecule has 0 spiro atoms. The van der Waals surface area contributed by atoms with Crippen molar-refractivity contribution < 1.29 is 18.8 Å². The van der Waals surface area contributed by atoms with E-state index >= 15 is 0 Å². The molecule has 0 saturated heterocycles. The van der Waals surface area contributed by atoms with E-state index < -0.39 is 5.91 Å². The molecule has 0 bridgehead atoms. The van der Waals surface area contributed by atoms with Crippen molar-refractivity contribution in [1.82, 2.24) is 9.99 Å². The van der Waals surface area contributed by atoms with Crippen LogP contribution in [0.1, 0.15) is 22.8 Å². The molecule has 4 rings (SSSR count). The summed E-state index contributed by atoms with van der Waals surface area (Å²) in [5, 5.41) is 10.3. The quantitative estimate of drug-likeness (QED) is 0.279. The van der Waals surface area contributed by atoms with Crippen LogP contribution in [0.4, 0.5) is 15.8 Å². The minimum atomic E-state index is -0.405. The van der Waals surface area contributed by atoms with Crippen molar-refractivity contribution in [3.63, 3.8) is 0 Å². The van der Waals surface area contributed by atoms with Crippen molar-refractivity contribution in [3.05, 3.63) is 95.9 Å². The Morgan fingerprint density at radius 3 is 2.29 bits per heavy atom. The van der Waals surface area contributed by atoms with E-state index in [-0.39, 0.29) is 24.2 Å². The van der Waals surface area contributed by atoms with E-state index in [1.54, 1.807) is 35.0 Å². The first-order chi connectivity index (χ1) is 16.9. The molecule has 0 saturated carbocycles. The number of carbonyl (C=O) groups excluding carboxylic acids is 3. The fraction of sp³-hybridized carbons (Fsp3) is 0.0769. The number of carbonyl (C=O) groups is 3. The Labute approximate surface area is 200 Å². The molecule has 8 nitrogen and oxygen atoms in total. The lowest BCUT2D eigenvalue weighted by Crippen LogP contribution is -2.18. The number of halogens is 1. The number of hydrazone groups is 1. The molecule has 3 amide bonds. The van der Waals surface area contributed by atoms with Crippen LogP contribution >= 0.6 is 0 Å². The molecule has 0 aliphatic heterocycles. The first-order valence-corrected chi connectivity index (χ1v) is 10.7. The molecule has 0 aliphatic rings. The Balaban J connectivity index is 1.44. The van der Waals surface area contributed by atoms with Crippen molar-refractivity contribution in [1.29, 1.82) is 0 Å². The van der Waals surface area contributed by atoms with Gasteiger partial charge < -0.3 is 15.2 Å². The summed E-state index contributed by atoms with van der Waals surface area (Å²) in [5.41, 5.74) is 5.50. The Kier molecular flexibility index (Phi) is 6.96. The van der Waals surface area contributed by atoms with Gasteiger partial charge in [0.25, 0.3) is 5.91 Å². The number of aromatic nitrogens is 1. The molecule has 0 unspecified atom stereocenters. The van der Waals surface area contributed by atoms with Crippen molar-refractivity contribution in [2.24, 2.45) is 5.10 Å². The summed E-state index contributed by atoms with van der Waals surface area (Å²) in [5.74, 6) is -1.24. The largest absolute Gasteiger partial charge is 0.337 e. The van der Waals surface area contributed by atoms with Gasteiger partial charge in [-0.25, -0.2) is 9.82 Å². The van der Waals surface area contributed by atoms with E-state index in [4.69, 9.17) is 0 Å². The fourth-order valence-corrected chi connectivity index (χ4v) is 3.53. The topological polar surface area (TPSA) is 105 Å². The van der Waals surface area contributed by atoms with Crippen LogP contribution in [0, 0.1) is 5.82 Å². The summed E-state index contributed by atoms with van der Waals surface area (Å²) in [4.78, 5) is 36.0. The molecule has 0 radical (unpaired) electrons. The molecule has 0 fully saturated rings. The van der Waals surface area contributed by atoms with Crippen LogP contribution in [0.5, 0.6) is 0 Å². The number of nitrogens with one attached hydrogen (secondary N) is 3. The first kappa shape index (κ1) is 23.4. The lowest BCUT2D eigenvalue weighted by molar-refractivity contribution is -0.116. The number of fused-ring (bicyclic) bond motifs is 1. The summed E-state index contributed by atoms with van der Waals surface area (Å²) in [6.45, 7) is 1.45. The van der Waals surface area contributed by atoms with Gasteiger partial charge in [-0.05, 0) is 54.6 Å². The molecular formula is C26H22FN5O3. The van der Waals surface area contributed by atoms with Crippen molar-refractivity contribution in [2.45, 2.75) is 13.5 Å². The monoisotopic (exact) mass is 471 g/mol. The summed E-state index contributed by atoms with van der Waals surface area (Å²) in [6.07, 6.45) is 3.28. The van der Waals surface area contributed by atoms with E-state index in [0.29, 0.717) is 16.9 Å². The number of hydrogen-bond donors (Lipinski definition) is 3. The molecule has 9 heteroatoms. The van der Waals surface area contributed by atoms with Gasteiger partial charge in [-0.1, -0.05) is 18.2 Å². The van der Waals surface area contributed by atoms with E-state index in [9.17, 15) is 18.8 Å². The maximum atomic E-state index is 13.1. The van der Waals surface area contributed by atoms with Gasteiger partial charge in [0.2, 0.25) is 11.8 Å². The highest BCUT2D eigenvalue weighted by molar-refractivity contribution is 6.01. The highest BCUT2D eigenvalue weighted by Crippen LogP contribution is 2.20. The normalized spacial score (nSPS) is 10.9. The molecular weight excluding hydrogens is 449 g/mol. The lowest BCUT2D eigenvalue weighted by atomic mass is 10.2. The first-order valence-electron chi connectivity index (χ1n) is 10.7. The van der Waals surface area contributed by atoms with Gasteiger partial charge in [-0.3, -0.25) is 14.4 Å². The molecule has 3 aromatic carbocycles. The Bertz CT molecular complexity index is 1410. The van der Waals surface area contributed by atoms with Crippen LogP contribution in [-0.4, -0.2) is 28.5 Å². The Morgan fingerprint density at radius 1 is 0.914 bits per heavy atom.